The average molecular weight is 337 g/mol. The summed E-state index contributed by atoms with van der Waals surface area (Å²) >= 11 is 0. The van der Waals surface area contributed by atoms with Crippen molar-refractivity contribution in [1.29, 1.82) is 0 Å². The average Bonchev–Trinajstić information content (AvgIpc) is 3.03. The van der Waals surface area contributed by atoms with Crippen molar-refractivity contribution < 1.29 is 9.90 Å². The minimum absolute atomic E-state index is 0.00761. The van der Waals surface area contributed by atoms with E-state index in [-0.39, 0.29) is 18.6 Å². The summed E-state index contributed by atoms with van der Waals surface area (Å²) in [6, 6.07) is 17.9. The minimum atomic E-state index is -0.180. The van der Waals surface area contributed by atoms with E-state index in [1.165, 1.54) is 0 Å². The van der Waals surface area contributed by atoms with Gasteiger partial charge in [-0.2, -0.15) is 0 Å². The summed E-state index contributed by atoms with van der Waals surface area (Å²) in [6.45, 7) is 1.79. The number of aliphatic hydroxyl groups is 1. The number of hydrogen-bond acceptors (Lipinski definition) is 3. The van der Waals surface area contributed by atoms with Gasteiger partial charge in [0.2, 0.25) is 5.91 Å². The van der Waals surface area contributed by atoms with E-state index in [0.717, 1.165) is 22.5 Å². The highest BCUT2D eigenvalue weighted by Gasteiger charge is 2.17. The molecular formula is C20H23N3O2. The second-order valence-electron chi connectivity index (χ2n) is 6.22. The highest BCUT2D eigenvalue weighted by atomic mass is 16.3. The van der Waals surface area contributed by atoms with Gasteiger partial charge in [0.05, 0.1) is 23.7 Å². The second-order valence-corrected chi connectivity index (χ2v) is 6.22. The van der Waals surface area contributed by atoms with Gasteiger partial charge < -0.3 is 10.0 Å². The number of amides is 1. The van der Waals surface area contributed by atoms with Crippen LogP contribution in [0.2, 0.25) is 0 Å². The van der Waals surface area contributed by atoms with Crippen LogP contribution in [0.4, 0.5) is 0 Å². The Labute approximate surface area is 147 Å². The molecule has 0 spiro atoms. The zero-order valence-electron chi connectivity index (χ0n) is 14.6. The first-order valence-electron chi connectivity index (χ1n) is 8.50. The molecule has 0 radical (unpaired) electrons. The second kappa shape index (κ2) is 7.49. The molecule has 0 aliphatic heterocycles. The van der Waals surface area contributed by atoms with E-state index in [9.17, 15) is 9.90 Å². The van der Waals surface area contributed by atoms with Crippen LogP contribution in [0.1, 0.15) is 19.2 Å². The molecule has 1 atom stereocenters. The molecule has 130 valence electrons. The molecule has 0 saturated carbocycles. The fraction of sp³-hybridized carbons (Fsp3) is 0.300. The standard InChI is InChI=1S/C20H23N3O2/c1-15(14-24)22(2)20(25)13-12-19-21-17-10-6-7-11-18(17)23(19)16-8-4-3-5-9-16/h3-11,15,24H,12-14H2,1-2H3. The first-order valence-corrected chi connectivity index (χ1v) is 8.50. The molecular weight excluding hydrogens is 314 g/mol. The number of carbonyl (C=O) groups is 1. The molecule has 1 unspecified atom stereocenters. The number of aromatic nitrogens is 2. The summed E-state index contributed by atoms with van der Waals surface area (Å²) in [6.07, 6.45) is 0.905. The molecule has 0 fully saturated rings. The monoisotopic (exact) mass is 337 g/mol. The highest BCUT2D eigenvalue weighted by molar-refractivity contribution is 5.79. The van der Waals surface area contributed by atoms with Crippen LogP contribution in [-0.4, -0.2) is 45.2 Å². The van der Waals surface area contributed by atoms with E-state index in [1.54, 1.807) is 11.9 Å². The van der Waals surface area contributed by atoms with Crippen molar-refractivity contribution >= 4 is 16.9 Å². The smallest absolute Gasteiger partial charge is 0.223 e. The third-order valence-corrected chi connectivity index (χ3v) is 4.53. The lowest BCUT2D eigenvalue weighted by Gasteiger charge is -2.23. The molecule has 5 heteroatoms. The number of likely N-dealkylation sites (N-methyl/N-ethyl adjacent to an activating group) is 1. The number of aliphatic hydroxyl groups excluding tert-OH is 1. The molecule has 1 N–H and O–H groups in total. The molecule has 1 heterocycles. The third kappa shape index (κ3) is 3.56. The maximum Gasteiger partial charge on any atom is 0.223 e. The lowest BCUT2D eigenvalue weighted by atomic mass is 10.2. The number of fused-ring (bicyclic) bond motifs is 1. The lowest BCUT2D eigenvalue weighted by molar-refractivity contribution is -0.132. The molecule has 1 amide bonds. The molecule has 1 aromatic heterocycles. The van der Waals surface area contributed by atoms with E-state index < -0.39 is 0 Å². The number of para-hydroxylation sites is 3. The van der Waals surface area contributed by atoms with E-state index in [2.05, 4.69) is 4.57 Å². The number of nitrogens with zero attached hydrogens (tertiary/aromatic N) is 3. The van der Waals surface area contributed by atoms with Gasteiger partial charge in [0.25, 0.3) is 0 Å². The van der Waals surface area contributed by atoms with Crippen molar-refractivity contribution in [1.82, 2.24) is 14.5 Å². The van der Waals surface area contributed by atoms with E-state index >= 15 is 0 Å². The Kier molecular flexibility index (Phi) is 5.14. The summed E-state index contributed by atoms with van der Waals surface area (Å²) in [5.41, 5.74) is 3.00. The topological polar surface area (TPSA) is 58.4 Å². The van der Waals surface area contributed by atoms with Crippen molar-refractivity contribution in [2.45, 2.75) is 25.8 Å². The van der Waals surface area contributed by atoms with Gasteiger partial charge in [0.1, 0.15) is 5.82 Å². The summed E-state index contributed by atoms with van der Waals surface area (Å²) in [7, 11) is 1.73. The van der Waals surface area contributed by atoms with Crippen LogP contribution >= 0.6 is 0 Å². The quantitative estimate of drug-likeness (QED) is 0.752. The van der Waals surface area contributed by atoms with Crippen LogP contribution in [0.3, 0.4) is 0 Å². The summed E-state index contributed by atoms with van der Waals surface area (Å²) in [5.74, 6) is 0.874. The summed E-state index contributed by atoms with van der Waals surface area (Å²) < 4.78 is 2.11. The molecule has 0 saturated heterocycles. The lowest BCUT2D eigenvalue weighted by Crippen LogP contribution is -2.37. The molecule has 5 nitrogen and oxygen atoms in total. The fourth-order valence-corrected chi connectivity index (χ4v) is 2.87. The Morgan fingerprint density at radius 1 is 1.16 bits per heavy atom. The van der Waals surface area contributed by atoms with Gasteiger partial charge >= 0.3 is 0 Å². The maximum absolute atomic E-state index is 12.4. The van der Waals surface area contributed by atoms with Crippen molar-refractivity contribution in [3.8, 4) is 5.69 Å². The first kappa shape index (κ1) is 17.2. The fourth-order valence-electron chi connectivity index (χ4n) is 2.87. The number of rotatable bonds is 6. The Morgan fingerprint density at radius 2 is 1.84 bits per heavy atom. The summed E-state index contributed by atoms with van der Waals surface area (Å²) in [5, 5.41) is 9.22. The van der Waals surface area contributed by atoms with Crippen LogP contribution in [0.5, 0.6) is 0 Å². The predicted molar refractivity (Wildman–Crippen MR) is 98.7 cm³/mol. The molecule has 3 aromatic rings. The molecule has 2 aromatic carbocycles. The van der Waals surface area contributed by atoms with Crippen LogP contribution in [0.15, 0.2) is 54.6 Å². The van der Waals surface area contributed by atoms with Crippen molar-refractivity contribution in [2.24, 2.45) is 0 Å². The number of aryl methyl sites for hydroxylation is 1. The van der Waals surface area contributed by atoms with Gasteiger partial charge in [-0.25, -0.2) is 4.98 Å². The molecule has 0 aliphatic rings. The van der Waals surface area contributed by atoms with Crippen molar-refractivity contribution in [2.75, 3.05) is 13.7 Å². The molecule has 3 rings (SSSR count). The highest BCUT2D eigenvalue weighted by Crippen LogP contribution is 2.22. The Morgan fingerprint density at radius 3 is 2.56 bits per heavy atom. The van der Waals surface area contributed by atoms with E-state index in [1.807, 2.05) is 61.5 Å². The Balaban J connectivity index is 1.90. The number of hydrogen-bond donors (Lipinski definition) is 1. The number of benzene rings is 2. The normalized spacial score (nSPS) is 12.3. The van der Waals surface area contributed by atoms with Crippen LogP contribution in [-0.2, 0) is 11.2 Å². The first-order chi connectivity index (χ1) is 12.1. The van der Waals surface area contributed by atoms with Gasteiger partial charge in [-0.3, -0.25) is 9.36 Å². The Hall–Kier alpha value is -2.66. The minimum Gasteiger partial charge on any atom is -0.394 e. The SMILES string of the molecule is CC(CO)N(C)C(=O)CCc1nc2ccccc2n1-c1ccccc1. The van der Waals surface area contributed by atoms with Gasteiger partial charge in [-0.05, 0) is 31.2 Å². The number of carbonyl (C=O) groups excluding carboxylic acids is 1. The predicted octanol–water partition coefficient (Wildman–Crippen LogP) is 2.80. The van der Waals surface area contributed by atoms with Crippen molar-refractivity contribution in [3.63, 3.8) is 0 Å². The summed E-state index contributed by atoms with van der Waals surface area (Å²) in [4.78, 5) is 18.7. The third-order valence-electron chi connectivity index (χ3n) is 4.53. The van der Waals surface area contributed by atoms with E-state index in [0.29, 0.717) is 12.8 Å². The van der Waals surface area contributed by atoms with Gasteiger partial charge in [0.15, 0.2) is 0 Å². The zero-order chi connectivity index (χ0) is 17.8. The van der Waals surface area contributed by atoms with Crippen LogP contribution < -0.4 is 0 Å². The zero-order valence-corrected chi connectivity index (χ0v) is 14.6. The van der Waals surface area contributed by atoms with Gasteiger partial charge in [-0.1, -0.05) is 30.3 Å². The van der Waals surface area contributed by atoms with Crippen molar-refractivity contribution in [3.05, 3.63) is 60.4 Å². The number of imidazole rings is 1. The van der Waals surface area contributed by atoms with Gasteiger partial charge in [0, 0.05) is 25.6 Å². The molecule has 0 aliphatic carbocycles. The Bertz CT molecular complexity index is 858. The van der Waals surface area contributed by atoms with Gasteiger partial charge in [-0.15, -0.1) is 0 Å². The maximum atomic E-state index is 12.4. The van der Waals surface area contributed by atoms with Crippen LogP contribution in [0, 0.1) is 0 Å². The largest absolute Gasteiger partial charge is 0.394 e. The molecule has 0 bridgehead atoms. The van der Waals surface area contributed by atoms with Crippen LogP contribution in [0.25, 0.3) is 16.7 Å². The molecule has 25 heavy (non-hydrogen) atoms. The van der Waals surface area contributed by atoms with E-state index in [4.69, 9.17) is 4.98 Å².